The van der Waals surface area contributed by atoms with E-state index in [4.69, 9.17) is 10.5 Å². The van der Waals surface area contributed by atoms with Crippen molar-refractivity contribution < 1.29 is 29.6 Å². The molecule has 0 aromatic rings. The van der Waals surface area contributed by atoms with Gasteiger partial charge >= 0.3 is 5.97 Å². The number of ether oxygens (including phenoxy) is 1. The molecule has 0 spiro atoms. The Labute approximate surface area is 150 Å². The van der Waals surface area contributed by atoms with E-state index < -0.39 is 36.9 Å². The van der Waals surface area contributed by atoms with Crippen molar-refractivity contribution in [3.05, 3.63) is 0 Å². The fourth-order valence-electron chi connectivity index (χ4n) is 2.46. The molecule has 0 unspecified atom stereocenters. The zero-order valence-electron chi connectivity index (χ0n) is 15.3. The Hall–Kier alpha value is -1.02. The number of hydrogen-bond acceptors (Lipinski definition) is 7. The number of carbonyl (C=O) groups is 2. The zero-order chi connectivity index (χ0) is 19.1. The lowest BCUT2D eigenvalue weighted by atomic mass is 10.0. The number of unbranched alkanes of at least 4 members (excludes halogenated alkanes) is 8. The topological polar surface area (TPSA) is 130 Å². The van der Waals surface area contributed by atoms with E-state index in [0.29, 0.717) is 0 Å². The van der Waals surface area contributed by atoms with Crippen LogP contribution >= 0.6 is 0 Å². The Morgan fingerprint density at radius 2 is 1.48 bits per heavy atom. The summed E-state index contributed by atoms with van der Waals surface area (Å²) < 4.78 is 4.87. The molecule has 148 valence electrons. The van der Waals surface area contributed by atoms with Crippen LogP contribution in [0.25, 0.3) is 0 Å². The van der Waals surface area contributed by atoms with Gasteiger partial charge in [0.05, 0.1) is 6.04 Å². The van der Waals surface area contributed by atoms with Crippen LogP contribution in [0.15, 0.2) is 0 Å². The molecule has 4 atom stereocenters. The van der Waals surface area contributed by atoms with Crippen molar-refractivity contribution >= 4 is 12.3 Å². The third-order valence-electron chi connectivity index (χ3n) is 4.20. The van der Waals surface area contributed by atoms with Crippen LogP contribution in [0.5, 0.6) is 0 Å². The smallest absolute Gasteiger partial charge is 0.305 e. The zero-order valence-corrected chi connectivity index (χ0v) is 15.3. The lowest BCUT2D eigenvalue weighted by Gasteiger charge is -2.24. The Balaban J connectivity index is 3.68. The molecule has 0 aromatic carbocycles. The van der Waals surface area contributed by atoms with Gasteiger partial charge in [-0.15, -0.1) is 0 Å². The number of aliphatic hydroxyl groups excluding tert-OH is 3. The van der Waals surface area contributed by atoms with Crippen LogP contribution < -0.4 is 5.73 Å². The first-order chi connectivity index (χ1) is 11.9. The van der Waals surface area contributed by atoms with Crippen LogP contribution in [0.2, 0.25) is 0 Å². The first-order valence-electron chi connectivity index (χ1n) is 9.34. The summed E-state index contributed by atoms with van der Waals surface area (Å²) in [5.41, 5.74) is 5.25. The summed E-state index contributed by atoms with van der Waals surface area (Å²) in [4.78, 5) is 22.0. The van der Waals surface area contributed by atoms with Crippen molar-refractivity contribution in [2.75, 3.05) is 6.61 Å². The van der Waals surface area contributed by atoms with Gasteiger partial charge in [0.2, 0.25) is 0 Å². The molecule has 0 aliphatic rings. The van der Waals surface area contributed by atoms with Crippen molar-refractivity contribution in [1.29, 1.82) is 0 Å². The predicted octanol–water partition coefficient (Wildman–Crippen LogP) is 1.06. The van der Waals surface area contributed by atoms with Crippen molar-refractivity contribution in [3.8, 4) is 0 Å². The molecule has 7 nitrogen and oxygen atoms in total. The van der Waals surface area contributed by atoms with Gasteiger partial charge in [0, 0.05) is 6.42 Å². The average molecular weight is 361 g/mol. The highest BCUT2D eigenvalue weighted by atomic mass is 16.5. The second-order valence-corrected chi connectivity index (χ2v) is 6.52. The lowest BCUT2D eigenvalue weighted by molar-refractivity contribution is -0.152. The molecule has 0 radical (unpaired) electrons. The summed E-state index contributed by atoms with van der Waals surface area (Å²) in [5.74, 6) is -0.455. The van der Waals surface area contributed by atoms with Crippen molar-refractivity contribution in [2.45, 2.75) is 95.5 Å². The molecule has 0 aliphatic heterocycles. The summed E-state index contributed by atoms with van der Waals surface area (Å²) >= 11 is 0. The van der Waals surface area contributed by atoms with Gasteiger partial charge in [-0.2, -0.15) is 0 Å². The number of hydrogen-bond donors (Lipinski definition) is 4. The van der Waals surface area contributed by atoms with Crippen LogP contribution in [-0.2, 0) is 14.3 Å². The Morgan fingerprint density at radius 1 is 0.960 bits per heavy atom. The molecule has 0 aromatic heterocycles. The minimum atomic E-state index is -1.65. The summed E-state index contributed by atoms with van der Waals surface area (Å²) in [6.07, 6.45) is 6.09. The maximum absolute atomic E-state index is 11.6. The summed E-state index contributed by atoms with van der Waals surface area (Å²) in [5, 5.41) is 28.8. The third kappa shape index (κ3) is 12.0. The van der Waals surface area contributed by atoms with E-state index >= 15 is 0 Å². The van der Waals surface area contributed by atoms with Crippen molar-refractivity contribution in [2.24, 2.45) is 5.73 Å². The van der Waals surface area contributed by atoms with Gasteiger partial charge in [-0.05, 0) is 6.42 Å². The largest absolute Gasteiger partial charge is 0.463 e. The van der Waals surface area contributed by atoms with Crippen LogP contribution in [0.4, 0.5) is 0 Å². The monoisotopic (exact) mass is 361 g/mol. The molecule has 5 N–H and O–H groups in total. The fraction of sp³-hybridized carbons (Fsp3) is 0.889. The van der Waals surface area contributed by atoms with E-state index in [2.05, 4.69) is 6.92 Å². The second-order valence-electron chi connectivity index (χ2n) is 6.52. The van der Waals surface area contributed by atoms with Gasteiger partial charge in [0.15, 0.2) is 0 Å². The first kappa shape index (κ1) is 24.0. The molecular weight excluding hydrogens is 326 g/mol. The lowest BCUT2D eigenvalue weighted by Crippen LogP contribution is -2.50. The number of aldehydes is 1. The normalized spacial score (nSPS) is 16.0. The maximum atomic E-state index is 11.6. The van der Waals surface area contributed by atoms with E-state index in [1.165, 1.54) is 38.5 Å². The minimum Gasteiger partial charge on any atom is -0.463 e. The summed E-state index contributed by atoms with van der Waals surface area (Å²) in [7, 11) is 0. The van der Waals surface area contributed by atoms with Crippen LogP contribution in [0.3, 0.4) is 0 Å². The standard InChI is InChI=1S/C18H35NO6/c1-2-3-4-5-6-7-8-9-10-11-16(22)25-13-15(21)18(24)17(23)14(19)12-20/h12,14-15,17-18,21,23-24H,2-11,13,19H2,1H3/t14-,15+,17+,18+/m0/s1. The number of carbonyl (C=O) groups excluding carboxylic acids is 2. The maximum Gasteiger partial charge on any atom is 0.305 e. The molecule has 0 saturated heterocycles. The van der Waals surface area contributed by atoms with Gasteiger partial charge in [0.1, 0.15) is 31.2 Å². The predicted molar refractivity (Wildman–Crippen MR) is 94.9 cm³/mol. The van der Waals surface area contributed by atoms with Crippen molar-refractivity contribution in [1.82, 2.24) is 0 Å². The molecule has 25 heavy (non-hydrogen) atoms. The van der Waals surface area contributed by atoms with Crippen molar-refractivity contribution in [3.63, 3.8) is 0 Å². The summed E-state index contributed by atoms with van der Waals surface area (Å²) in [6.45, 7) is 1.75. The number of nitrogens with two attached hydrogens (primary N) is 1. The minimum absolute atomic E-state index is 0.259. The first-order valence-corrected chi connectivity index (χ1v) is 9.34. The number of aliphatic hydroxyl groups is 3. The Morgan fingerprint density at radius 3 is 2.00 bits per heavy atom. The van der Waals surface area contributed by atoms with E-state index in [1.54, 1.807) is 0 Å². The molecule has 0 heterocycles. The molecule has 0 rings (SSSR count). The SMILES string of the molecule is CCCCCCCCCCCC(=O)OC[C@@H](O)[C@@H](O)[C@H](O)[C@@H](N)C=O. The highest BCUT2D eigenvalue weighted by molar-refractivity contribution is 5.69. The van der Waals surface area contributed by atoms with Gasteiger partial charge in [-0.1, -0.05) is 58.3 Å². The Bertz CT molecular complexity index is 352. The van der Waals surface area contributed by atoms with Crippen LogP contribution in [-0.4, -0.2) is 58.5 Å². The van der Waals surface area contributed by atoms with E-state index in [0.717, 1.165) is 19.3 Å². The second kappa shape index (κ2) is 15.3. The average Bonchev–Trinajstić information content (AvgIpc) is 2.62. The molecule has 0 fully saturated rings. The quantitative estimate of drug-likeness (QED) is 0.184. The van der Waals surface area contributed by atoms with E-state index in [1.807, 2.05) is 0 Å². The van der Waals surface area contributed by atoms with Gasteiger partial charge in [-0.25, -0.2) is 0 Å². The highest BCUT2D eigenvalue weighted by Gasteiger charge is 2.30. The number of rotatable bonds is 16. The summed E-state index contributed by atoms with van der Waals surface area (Å²) in [6, 6.07) is -1.30. The van der Waals surface area contributed by atoms with Crippen LogP contribution in [0, 0.1) is 0 Å². The van der Waals surface area contributed by atoms with Crippen LogP contribution in [0.1, 0.15) is 71.1 Å². The van der Waals surface area contributed by atoms with E-state index in [9.17, 15) is 24.9 Å². The molecule has 0 amide bonds. The molecule has 0 saturated carbocycles. The molecule has 7 heteroatoms. The van der Waals surface area contributed by atoms with Gasteiger partial charge in [0.25, 0.3) is 0 Å². The van der Waals surface area contributed by atoms with Gasteiger partial charge in [-0.3, -0.25) is 4.79 Å². The third-order valence-corrected chi connectivity index (χ3v) is 4.20. The molecule has 0 bridgehead atoms. The van der Waals surface area contributed by atoms with E-state index in [-0.39, 0.29) is 12.7 Å². The number of esters is 1. The highest BCUT2D eigenvalue weighted by Crippen LogP contribution is 2.11. The fourth-order valence-corrected chi connectivity index (χ4v) is 2.46. The molecular formula is C18H35NO6. The van der Waals surface area contributed by atoms with Gasteiger partial charge < -0.3 is 30.6 Å². The molecule has 0 aliphatic carbocycles. The Kier molecular flexibility index (Phi) is 14.6.